The SMILES string of the molecule is COCCOCOC(=C(F)F)c1cccc(C#N)c1. The summed E-state index contributed by atoms with van der Waals surface area (Å²) in [6.45, 7) is 0.285. The molecule has 1 rings (SSSR count). The van der Waals surface area contributed by atoms with Gasteiger partial charge in [-0.15, -0.1) is 0 Å². The summed E-state index contributed by atoms with van der Waals surface area (Å²) in [6.07, 6.45) is -1.97. The Morgan fingerprint density at radius 2 is 2.11 bits per heavy atom. The molecule has 0 aromatic heterocycles. The number of nitrogens with zero attached hydrogens (tertiary/aromatic N) is 1. The first-order chi connectivity index (χ1) is 9.19. The van der Waals surface area contributed by atoms with Crippen molar-refractivity contribution in [1.82, 2.24) is 0 Å². The molecule has 19 heavy (non-hydrogen) atoms. The first kappa shape index (κ1) is 15.1. The number of methoxy groups -OCH3 is 1. The summed E-state index contributed by atoms with van der Waals surface area (Å²) in [6, 6.07) is 7.66. The fourth-order valence-electron chi connectivity index (χ4n) is 1.28. The first-order valence-electron chi connectivity index (χ1n) is 5.44. The molecule has 0 aliphatic carbocycles. The van der Waals surface area contributed by atoms with Crippen LogP contribution in [0.1, 0.15) is 11.1 Å². The van der Waals surface area contributed by atoms with E-state index in [1.807, 2.05) is 6.07 Å². The molecule has 4 nitrogen and oxygen atoms in total. The summed E-state index contributed by atoms with van der Waals surface area (Å²) in [5, 5.41) is 8.72. The van der Waals surface area contributed by atoms with E-state index < -0.39 is 11.8 Å². The van der Waals surface area contributed by atoms with E-state index in [-0.39, 0.29) is 24.5 Å². The third-order valence-electron chi connectivity index (χ3n) is 2.14. The van der Waals surface area contributed by atoms with Crippen molar-refractivity contribution in [2.45, 2.75) is 0 Å². The molecule has 0 amide bonds. The van der Waals surface area contributed by atoms with E-state index >= 15 is 0 Å². The lowest BCUT2D eigenvalue weighted by atomic mass is 10.1. The van der Waals surface area contributed by atoms with Gasteiger partial charge in [-0.25, -0.2) is 0 Å². The monoisotopic (exact) mass is 269 g/mol. The molecule has 0 N–H and O–H groups in total. The van der Waals surface area contributed by atoms with Gasteiger partial charge < -0.3 is 14.2 Å². The standard InChI is InChI=1S/C13H13F2NO3/c1-17-5-6-18-9-19-12(13(14)15)11-4-2-3-10(7-11)8-16/h2-4,7H,5-6,9H2,1H3. The van der Waals surface area contributed by atoms with Gasteiger partial charge in [0.1, 0.15) is 0 Å². The Hall–Kier alpha value is -1.97. The minimum absolute atomic E-state index is 0.134. The van der Waals surface area contributed by atoms with E-state index in [4.69, 9.17) is 19.5 Å². The van der Waals surface area contributed by atoms with Gasteiger partial charge in [0.2, 0.25) is 0 Å². The second kappa shape index (κ2) is 8.19. The van der Waals surface area contributed by atoms with Gasteiger partial charge in [-0.2, -0.15) is 14.0 Å². The number of halogens is 2. The van der Waals surface area contributed by atoms with Crippen LogP contribution in [-0.4, -0.2) is 27.1 Å². The predicted molar refractivity (Wildman–Crippen MR) is 64.1 cm³/mol. The van der Waals surface area contributed by atoms with Crippen molar-refractivity contribution in [3.05, 3.63) is 41.5 Å². The van der Waals surface area contributed by atoms with E-state index in [1.54, 1.807) is 0 Å². The number of hydrogen-bond donors (Lipinski definition) is 0. The highest BCUT2D eigenvalue weighted by atomic mass is 19.3. The van der Waals surface area contributed by atoms with Crippen LogP contribution in [-0.2, 0) is 14.2 Å². The Morgan fingerprint density at radius 3 is 2.74 bits per heavy atom. The average Bonchev–Trinajstić information content (AvgIpc) is 2.42. The zero-order valence-corrected chi connectivity index (χ0v) is 10.4. The lowest BCUT2D eigenvalue weighted by molar-refractivity contribution is -0.0236. The molecule has 6 heteroatoms. The van der Waals surface area contributed by atoms with E-state index in [0.29, 0.717) is 6.61 Å². The molecule has 0 saturated carbocycles. The predicted octanol–water partition coefficient (Wildman–Crippen LogP) is 2.76. The van der Waals surface area contributed by atoms with Crippen LogP contribution in [0.2, 0.25) is 0 Å². The summed E-state index contributed by atoms with van der Waals surface area (Å²) < 4.78 is 40.1. The normalized spacial score (nSPS) is 9.79. The molecular formula is C13H13F2NO3. The molecule has 0 aliphatic heterocycles. The summed E-state index contributed by atoms with van der Waals surface area (Å²) in [7, 11) is 1.50. The Labute approximate surface area is 109 Å². The molecule has 0 heterocycles. The summed E-state index contributed by atoms with van der Waals surface area (Å²) in [5.74, 6) is -0.588. The van der Waals surface area contributed by atoms with Gasteiger partial charge in [0, 0.05) is 12.7 Å². The second-order valence-electron chi connectivity index (χ2n) is 3.45. The molecule has 0 radical (unpaired) electrons. The molecule has 0 spiro atoms. The van der Waals surface area contributed by atoms with Crippen LogP contribution in [0, 0.1) is 11.3 Å². The van der Waals surface area contributed by atoms with Crippen LogP contribution >= 0.6 is 0 Å². The molecule has 0 bridgehead atoms. The van der Waals surface area contributed by atoms with Crippen molar-refractivity contribution >= 4 is 5.76 Å². The fourth-order valence-corrected chi connectivity index (χ4v) is 1.28. The highest BCUT2D eigenvalue weighted by Crippen LogP contribution is 2.22. The molecule has 0 saturated heterocycles. The van der Waals surface area contributed by atoms with Gasteiger partial charge in [0.15, 0.2) is 12.6 Å². The number of hydrogen-bond acceptors (Lipinski definition) is 4. The van der Waals surface area contributed by atoms with E-state index in [1.165, 1.54) is 31.4 Å². The van der Waals surface area contributed by atoms with Gasteiger partial charge in [0.25, 0.3) is 0 Å². The highest BCUT2D eigenvalue weighted by molar-refractivity contribution is 5.61. The van der Waals surface area contributed by atoms with Crippen molar-refractivity contribution in [3.63, 3.8) is 0 Å². The van der Waals surface area contributed by atoms with Gasteiger partial charge in [-0.1, -0.05) is 12.1 Å². The van der Waals surface area contributed by atoms with Crippen LogP contribution in [0.25, 0.3) is 5.76 Å². The van der Waals surface area contributed by atoms with Crippen LogP contribution in [0.4, 0.5) is 8.78 Å². The number of rotatable bonds is 7. The fraction of sp³-hybridized carbons (Fsp3) is 0.308. The van der Waals surface area contributed by atoms with Crippen LogP contribution < -0.4 is 0 Å². The molecule has 1 aromatic rings. The van der Waals surface area contributed by atoms with Gasteiger partial charge >= 0.3 is 6.08 Å². The lowest BCUT2D eigenvalue weighted by Crippen LogP contribution is -2.06. The minimum Gasteiger partial charge on any atom is -0.461 e. The third-order valence-corrected chi connectivity index (χ3v) is 2.14. The highest BCUT2D eigenvalue weighted by Gasteiger charge is 2.11. The van der Waals surface area contributed by atoms with Crippen molar-refractivity contribution in [1.29, 1.82) is 5.26 Å². The van der Waals surface area contributed by atoms with Crippen molar-refractivity contribution in [3.8, 4) is 6.07 Å². The Balaban J connectivity index is 2.68. The number of ether oxygens (including phenoxy) is 3. The lowest BCUT2D eigenvalue weighted by Gasteiger charge is -2.10. The van der Waals surface area contributed by atoms with Crippen LogP contribution in [0.5, 0.6) is 0 Å². The third kappa shape index (κ3) is 5.04. The summed E-state index contributed by atoms with van der Waals surface area (Å²) in [4.78, 5) is 0. The van der Waals surface area contributed by atoms with Crippen LogP contribution in [0.15, 0.2) is 30.3 Å². The number of benzene rings is 1. The molecule has 1 aromatic carbocycles. The maximum Gasteiger partial charge on any atom is 0.312 e. The Bertz CT molecular complexity index is 479. The summed E-state index contributed by atoms with van der Waals surface area (Å²) >= 11 is 0. The molecule has 102 valence electrons. The van der Waals surface area contributed by atoms with Gasteiger partial charge in [-0.05, 0) is 12.1 Å². The van der Waals surface area contributed by atoms with Crippen LogP contribution in [0.3, 0.4) is 0 Å². The minimum atomic E-state index is -1.97. The topological polar surface area (TPSA) is 51.5 Å². The van der Waals surface area contributed by atoms with E-state index in [0.717, 1.165) is 0 Å². The molecule has 0 aliphatic rings. The van der Waals surface area contributed by atoms with Crippen molar-refractivity contribution in [2.24, 2.45) is 0 Å². The molecular weight excluding hydrogens is 256 g/mol. The Kier molecular flexibility index (Phi) is 6.50. The first-order valence-corrected chi connectivity index (χ1v) is 5.44. The second-order valence-corrected chi connectivity index (χ2v) is 3.45. The van der Waals surface area contributed by atoms with Crippen molar-refractivity contribution < 1.29 is 23.0 Å². The molecule has 0 atom stereocenters. The summed E-state index contributed by atoms with van der Waals surface area (Å²) in [5.41, 5.74) is 0.412. The quantitative estimate of drug-likeness (QED) is 0.434. The van der Waals surface area contributed by atoms with Gasteiger partial charge in [-0.3, -0.25) is 0 Å². The van der Waals surface area contributed by atoms with E-state index in [2.05, 4.69) is 0 Å². The zero-order valence-electron chi connectivity index (χ0n) is 10.4. The molecule has 0 unspecified atom stereocenters. The Morgan fingerprint density at radius 1 is 1.32 bits per heavy atom. The zero-order chi connectivity index (χ0) is 14.1. The maximum atomic E-state index is 12.8. The van der Waals surface area contributed by atoms with Gasteiger partial charge in [0.05, 0.1) is 24.8 Å². The largest absolute Gasteiger partial charge is 0.461 e. The van der Waals surface area contributed by atoms with Crippen molar-refractivity contribution in [2.75, 3.05) is 27.1 Å². The maximum absolute atomic E-state index is 12.8. The molecule has 0 fully saturated rings. The number of nitriles is 1. The smallest absolute Gasteiger partial charge is 0.312 e. The average molecular weight is 269 g/mol. The van der Waals surface area contributed by atoms with E-state index in [9.17, 15) is 8.78 Å².